The van der Waals surface area contributed by atoms with Gasteiger partial charge in [0.1, 0.15) is 0 Å². The first-order chi connectivity index (χ1) is 15.6. The summed E-state index contributed by atoms with van der Waals surface area (Å²) >= 11 is 5.95. The molecule has 0 aliphatic rings. The van der Waals surface area contributed by atoms with Gasteiger partial charge < -0.3 is 9.88 Å². The molecule has 164 valence electrons. The van der Waals surface area contributed by atoms with Crippen LogP contribution < -0.4 is 5.32 Å². The monoisotopic (exact) mass is 448 g/mol. The van der Waals surface area contributed by atoms with Crippen molar-refractivity contribution < 1.29 is 9.59 Å². The van der Waals surface area contributed by atoms with E-state index in [4.69, 9.17) is 11.6 Å². The first kappa shape index (κ1) is 21.8. The molecule has 32 heavy (non-hydrogen) atoms. The van der Waals surface area contributed by atoms with Crippen molar-refractivity contribution in [2.75, 3.05) is 6.54 Å². The second-order valence-electron chi connectivity index (χ2n) is 7.71. The summed E-state index contributed by atoms with van der Waals surface area (Å²) in [6.45, 7) is 1.48. The average molecular weight is 449 g/mol. The first-order valence-electron chi connectivity index (χ1n) is 10.7. The van der Waals surface area contributed by atoms with E-state index in [9.17, 15) is 9.59 Å². The Labute approximate surface area is 191 Å². The SMILES string of the molecule is O=C(CCCc1cn(C(=O)c2ccc(Cl)cc2)c2ccccc12)NCCCn1ccnc1. The quantitative estimate of drug-likeness (QED) is 0.377. The fraction of sp³-hybridized carbons (Fsp3) is 0.240. The molecule has 0 fully saturated rings. The summed E-state index contributed by atoms with van der Waals surface area (Å²) in [5, 5.41) is 4.61. The Bertz CT molecular complexity index is 1200. The third-order valence-corrected chi connectivity index (χ3v) is 5.68. The third-order valence-electron chi connectivity index (χ3n) is 5.43. The second-order valence-corrected chi connectivity index (χ2v) is 8.15. The molecule has 1 amide bonds. The number of halogens is 1. The lowest BCUT2D eigenvalue weighted by Gasteiger charge is -2.06. The zero-order valence-corrected chi connectivity index (χ0v) is 18.5. The van der Waals surface area contributed by atoms with Crippen molar-refractivity contribution in [3.63, 3.8) is 0 Å². The van der Waals surface area contributed by atoms with Gasteiger partial charge in [-0.05, 0) is 55.2 Å². The molecule has 0 radical (unpaired) electrons. The number of fused-ring (bicyclic) bond motifs is 1. The van der Waals surface area contributed by atoms with Crippen LogP contribution in [0.5, 0.6) is 0 Å². The Balaban J connectivity index is 1.34. The van der Waals surface area contributed by atoms with Crippen LogP contribution in [0.2, 0.25) is 5.02 Å². The van der Waals surface area contributed by atoms with E-state index in [0.717, 1.165) is 42.3 Å². The maximum atomic E-state index is 13.0. The number of hydrogen-bond acceptors (Lipinski definition) is 3. The number of amides is 1. The molecule has 0 unspecified atom stereocenters. The number of rotatable bonds is 9. The van der Waals surface area contributed by atoms with E-state index in [1.54, 1.807) is 41.4 Å². The topological polar surface area (TPSA) is 68.9 Å². The van der Waals surface area contributed by atoms with Crippen molar-refractivity contribution in [1.29, 1.82) is 0 Å². The first-order valence-corrected chi connectivity index (χ1v) is 11.1. The largest absolute Gasteiger partial charge is 0.356 e. The molecular formula is C25H25ClN4O2. The van der Waals surface area contributed by atoms with Crippen LogP contribution in [0.4, 0.5) is 0 Å². The normalized spacial score (nSPS) is 11.0. The van der Waals surface area contributed by atoms with Gasteiger partial charge in [-0.15, -0.1) is 0 Å². The summed E-state index contributed by atoms with van der Waals surface area (Å²) in [7, 11) is 0. The number of nitrogens with one attached hydrogen (secondary N) is 1. The van der Waals surface area contributed by atoms with Crippen LogP contribution in [-0.2, 0) is 17.8 Å². The number of benzene rings is 2. The lowest BCUT2D eigenvalue weighted by molar-refractivity contribution is -0.121. The third kappa shape index (κ3) is 5.26. The molecule has 4 aromatic rings. The van der Waals surface area contributed by atoms with Crippen molar-refractivity contribution in [2.24, 2.45) is 0 Å². The number of carbonyl (C=O) groups is 2. The van der Waals surface area contributed by atoms with E-state index >= 15 is 0 Å². The molecule has 0 atom stereocenters. The predicted octanol–water partition coefficient (Wildman–Crippen LogP) is 4.71. The van der Waals surface area contributed by atoms with Gasteiger partial charge in [0.15, 0.2) is 0 Å². The molecule has 1 N–H and O–H groups in total. The standard InChI is InChI=1S/C25H25ClN4O2/c26-21-11-9-19(10-12-21)25(32)30-17-20(22-6-1-2-7-23(22)30)5-3-8-24(31)28-13-4-15-29-16-14-27-18-29/h1-2,6-7,9-12,14,16-18H,3-5,8,13,15H2,(H,28,31). The predicted molar refractivity (Wildman–Crippen MR) is 126 cm³/mol. The molecule has 0 saturated carbocycles. The highest BCUT2D eigenvalue weighted by molar-refractivity contribution is 6.30. The molecule has 0 saturated heterocycles. The lowest BCUT2D eigenvalue weighted by Crippen LogP contribution is -2.24. The van der Waals surface area contributed by atoms with Gasteiger partial charge in [0.05, 0.1) is 11.8 Å². The fourth-order valence-corrected chi connectivity index (χ4v) is 3.91. The minimum atomic E-state index is -0.0975. The molecule has 4 rings (SSSR count). The molecule has 7 heteroatoms. The molecule has 2 heterocycles. The van der Waals surface area contributed by atoms with Gasteiger partial charge in [0.2, 0.25) is 5.91 Å². The number of nitrogens with zero attached hydrogens (tertiary/aromatic N) is 3. The number of carbonyl (C=O) groups excluding carboxylic acids is 2. The molecule has 6 nitrogen and oxygen atoms in total. The van der Waals surface area contributed by atoms with Gasteiger partial charge in [-0.2, -0.15) is 0 Å². The van der Waals surface area contributed by atoms with Crippen molar-refractivity contribution in [1.82, 2.24) is 19.4 Å². The van der Waals surface area contributed by atoms with Crippen LogP contribution in [0.25, 0.3) is 10.9 Å². The zero-order valence-electron chi connectivity index (χ0n) is 17.7. The Morgan fingerprint density at radius 3 is 2.62 bits per heavy atom. The highest BCUT2D eigenvalue weighted by atomic mass is 35.5. The smallest absolute Gasteiger partial charge is 0.262 e. The van der Waals surface area contributed by atoms with Gasteiger partial charge in [-0.3, -0.25) is 14.2 Å². The molecule has 0 aliphatic heterocycles. The minimum absolute atomic E-state index is 0.0524. The maximum absolute atomic E-state index is 13.0. The fourth-order valence-electron chi connectivity index (χ4n) is 3.79. The van der Waals surface area contributed by atoms with E-state index < -0.39 is 0 Å². The lowest BCUT2D eigenvalue weighted by atomic mass is 10.1. The van der Waals surface area contributed by atoms with Crippen LogP contribution in [0.3, 0.4) is 0 Å². The Hall–Kier alpha value is -3.38. The van der Waals surface area contributed by atoms with Crippen LogP contribution in [0.15, 0.2) is 73.4 Å². The van der Waals surface area contributed by atoms with Crippen molar-refractivity contribution in [2.45, 2.75) is 32.2 Å². The summed E-state index contributed by atoms with van der Waals surface area (Å²) in [6.07, 6.45) is 10.1. The number of aryl methyl sites for hydroxylation is 2. The minimum Gasteiger partial charge on any atom is -0.356 e. The molecule has 2 aromatic heterocycles. The molecule has 0 aliphatic carbocycles. The van der Waals surface area contributed by atoms with Gasteiger partial charge in [-0.1, -0.05) is 29.8 Å². The molecule has 0 spiro atoms. The Morgan fingerprint density at radius 1 is 1.03 bits per heavy atom. The maximum Gasteiger partial charge on any atom is 0.262 e. The van der Waals surface area contributed by atoms with Gasteiger partial charge in [0, 0.05) is 54.1 Å². The second kappa shape index (κ2) is 10.3. The molecule has 2 aromatic carbocycles. The molecular weight excluding hydrogens is 424 g/mol. The summed E-state index contributed by atoms with van der Waals surface area (Å²) in [5.74, 6) is -0.0450. The summed E-state index contributed by atoms with van der Waals surface area (Å²) in [5.41, 5.74) is 2.51. The highest BCUT2D eigenvalue weighted by Gasteiger charge is 2.15. The number of hydrogen-bond donors (Lipinski definition) is 1. The summed E-state index contributed by atoms with van der Waals surface area (Å²) in [6, 6.07) is 14.8. The van der Waals surface area contributed by atoms with E-state index in [1.165, 1.54) is 0 Å². The zero-order chi connectivity index (χ0) is 22.3. The van der Waals surface area contributed by atoms with Crippen molar-refractivity contribution in [3.05, 3.63) is 89.6 Å². The van der Waals surface area contributed by atoms with Crippen LogP contribution >= 0.6 is 11.6 Å². The number of aromatic nitrogens is 3. The summed E-state index contributed by atoms with van der Waals surface area (Å²) in [4.78, 5) is 29.2. The number of imidazole rings is 1. The van der Waals surface area contributed by atoms with Crippen LogP contribution in [0.1, 0.15) is 35.2 Å². The highest BCUT2D eigenvalue weighted by Crippen LogP contribution is 2.24. The van der Waals surface area contributed by atoms with Crippen LogP contribution in [0, 0.1) is 0 Å². The molecule has 0 bridgehead atoms. The van der Waals surface area contributed by atoms with Gasteiger partial charge >= 0.3 is 0 Å². The van der Waals surface area contributed by atoms with E-state index in [-0.39, 0.29) is 11.8 Å². The Morgan fingerprint density at radius 2 is 1.84 bits per heavy atom. The van der Waals surface area contributed by atoms with Crippen molar-refractivity contribution >= 4 is 34.3 Å². The van der Waals surface area contributed by atoms with E-state index in [2.05, 4.69) is 10.3 Å². The average Bonchev–Trinajstić information content (AvgIpc) is 3.45. The van der Waals surface area contributed by atoms with Gasteiger partial charge in [-0.25, -0.2) is 4.98 Å². The van der Waals surface area contributed by atoms with Gasteiger partial charge in [0.25, 0.3) is 5.91 Å². The van der Waals surface area contributed by atoms with E-state index in [1.807, 2.05) is 41.2 Å². The summed E-state index contributed by atoms with van der Waals surface area (Å²) < 4.78 is 3.68. The Kier molecular flexibility index (Phi) is 7.02. The number of para-hydroxylation sites is 1. The van der Waals surface area contributed by atoms with Crippen LogP contribution in [-0.4, -0.2) is 32.5 Å². The van der Waals surface area contributed by atoms with E-state index in [0.29, 0.717) is 23.6 Å². The van der Waals surface area contributed by atoms with Crippen molar-refractivity contribution in [3.8, 4) is 0 Å².